The van der Waals surface area contributed by atoms with Crippen molar-refractivity contribution in [2.75, 3.05) is 6.61 Å². The second-order valence-electron chi connectivity index (χ2n) is 4.56. The van der Waals surface area contributed by atoms with Gasteiger partial charge in [0, 0.05) is 0 Å². The van der Waals surface area contributed by atoms with Crippen LogP contribution in [0.3, 0.4) is 0 Å². The summed E-state index contributed by atoms with van der Waals surface area (Å²) in [6, 6.07) is 14.2. The second-order valence-corrected chi connectivity index (χ2v) is 4.56. The Bertz CT molecular complexity index is 560. The van der Waals surface area contributed by atoms with Gasteiger partial charge in [-0.25, -0.2) is 4.39 Å². The van der Waals surface area contributed by atoms with Gasteiger partial charge in [-0.05, 0) is 48.7 Å². The number of hydrazine groups is 1. The molecule has 4 heteroatoms. The molecule has 20 heavy (non-hydrogen) atoms. The molecule has 3 nitrogen and oxygen atoms in total. The first kappa shape index (κ1) is 14.5. The van der Waals surface area contributed by atoms with E-state index in [1.165, 1.54) is 12.1 Å². The van der Waals surface area contributed by atoms with E-state index in [1.54, 1.807) is 6.07 Å². The zero-order chi connectivity index (χ0) is 14.4. The highest BCUT2D eigenvalue weighted by Crippen LogP contribution is 2.22. The number of nitrogens with one attached hydrogen (secondary N) is 1. The van der Waals surface area contributed by atoms with Gasteiger partial charge in [0.15, 0.2) is 0 Å². The fourth-order valence-electron chi connectivity index (χ4n) is 2.16. The summed E-state index contributed by atoms with van der Waals surface area (Å²) in [5, 5.41) is 0. The number of nitrogens with two attached hydrogens (primary N) is 1. The number of hydrogen-bond acceptors (Lipinski definition) is 3. The summed E-state index contributed by atoms with van der Waals surface area (Å²) in [6.45, 7) is 2.56. The number of ether oxygens (including phenoxy) is 1. The van der Waals surface area contributed by atoms with E-state index in [9.17, 15) is 4.39 Å². The second kappa shape index (κ2) is 7.03. The van der Waals surface area contributed by atoms with Crippen molar-refractivity contribution in [1.29, 1.82) is 0 Å². The molecule has 0 aliphatic rings. The summed E-state index contributed by atoms with van der Waals surface area (Å²) >= 11 is 0. The molecule has 0 saturated heterocycles. The maximum atomic E-state index is 13.2. The maximum Gasteiger partial charge on any atom is 0.123 e. The van der Waals surface area contributed by atoms with Crippen LogP contribution in [0.4, 0.5) is 4.39 Å². The lowest BCUT2D eigenvalue weighted by atomic mass is 9.99. The van der Waals surface area contributed by atoms with Crippen molar-refractivity contribution in [3.8, 4) is 5.75 Å². The van der Waals surface area contributed by atoms with E-state index >= 15 is 0 Å². The summed E-state index contributed by atoms with van der Waals surface area (Å²) in [7, 11) is 0. The van der Waals surface area contributed by atoms with E-state index in [0.717, 1.165) is 16.9 Å². The zero-order valence-electron chi connectivity index (χ0n) is 11.5. The number of rotatable bonds is 6. The standard InChI is InChI=1S/C16H19FN2O/c1-2-20-15-8-4-6-13(11-15)16(19-18)10-12-5-3-7-14(17)9-12/h3-9,11,16,19H,2,10,18H2,1H3. The van der Waals surface area contributed by atoms with Gasteiger partial charge in [0.05, 0.1) is 12.6 Å². The van der Waals surface area contributed by atoms with Crippen molar-refractivity contribution in [2.45, 2.75) is 19.4 Å². The Hall–Kier alpha value is -1.91. The minimum Gasteiger partial charge on any atom is -0.494 e. The summed E-state index contributed by atoms with van der Waals surface area (Å²) in [5.41, 5.74) is 4.69. The molecule has 1 atom stereocenters. The number of benzene rings is 2. The molecule has 3 N–H and O–H groups in total. The van der Waals surface area contributed by atoms with Crippen LogP contribution in [0.15, 0.2) is 48.5 Å². The predicted molar refractivity (Wildman–Crippen MR) is 77.8 cm³/mol. The molecule has 0 amide bonds. The zero-order valence-corrected chi connectivity index (χ0v) is 11.5. The van der Waals surface area contributed by atoms with Gasteiger partial charge in [0.25, 0.3) is 0 Å². The lowest BCUT2D eigenvalue weighted by molar-refractivity contribution is 0.339. The molecule has 1 unspecified atom stereocenters. The Morgan fingerprint density at radius 1 is 1.20 bits per heavy atom. The summed E-state index contributed by atoms with van der Waals surface area (Å²) in [5.74, 6) is 6.20. The molecule has 0 aromatic heterocycles. The smallest absolute Gasteiger partial charge is 0.123 e. The Morgan fingerprint density at radius 2 is 2.00 bits per heavy atom. The first-order valence-corrected chi connectivity index (χ1v) is 6.66. The Labute approximate surface area is 118 Å². The highest BCUT2D eigenvalue weighted by molar-refractivity contribution is 5.32. The molecule has 106 valence electrons. The van der Waals surface area contributed by atoms with Crippen LogP contribution in [-0.2, 0) is 6.42 Å². The third kappa shape index (κ3) is 3.79. The van der Waals surface area contributed by atoms with E-state index in [4.69, 9.17) is 10.6 Å². The molecule has 2 aromatic rings. The Kier molecular flexibility index (Phi) is 5.09. The minimum atomic E-state index is -0.235. The minimum absolute atomic E-state index is 0.0859. The molecule has 0 aliphatic heterocycles. The van der Waals surface area contributed by atoms with Gasteiger partial charge >= 0.3 is 0 Å². The fourth-order valence-corrected chi connectivity index (χ4v) is 2.16. The van der Waals surface area contributed by atoms with Gasteiger partial charge in [-0.15, -0.1) is 0 Å². The average Bonchev–Trinajstić information content (AvgIpc) is 2.45. The molecule has 0 saturated carbocycles. The van der Waals surface area contributed by atoms with E-state index in [1.807, 2.05) is 37.3 Å². The Balaban J connectivity index is 2.17. The van der Waals surface area contributed by atoms with Crippen molar-refractivity contribution < 1.29 is 9.13 Å². The van der Waals surface area contributed by atoms with Crippen LogP contribution in [0.25, 0.3) is 0 Å². The lowest BCUT2D eigenvalue weighted by Gasteiger charge is -2.17. The summed E-state index contributed by atoms with van der Waals surface area (Å²) < 4.78 is 18.7. The predicted octanol–water partition coefficient (Wildman–Crippen LogP) is 2.97. The van der Waals surface area contributed by atoms with Crippen molar-refractivity contribution >= 4 is 0 Å². The molecular weight excluding hydrogens is 255 g/mol. The van der Waals surface area contributed by atoms with E-state index in [2.05, 4.69) is 5.43 Å². The lowest BCUT2D eigenvalue weighted by Crippen LogP contribution is -2.29. The SMILES string of the molecule is CCOc1cccc(C(Cc2cccc(F)c2)NN)c1. The van der Waals surface area contributed by atoms with Crippen LogP contribution in [0.2, 0.25) is 0 Å². The fraction of sp³-hybridized carbons (Fsp3) is 0.250. The molecule has 0 radical (unpaired) electrons. The van der Waals surface area contributed by atoms with Gasteiger partial charge in [0.1, 0.15) is 11.6 Å². The Morgan fingerprint density at radius 3 is 2.70 bits per heavy atom. The van der Waals surface area contributed by atoms with Crippen molar-refractivity contribution in [2.24, 2.45) is 5.84 Å². The molecule has 2 rings (SSSR count). The van der Waals surface area contributed by atoms with Crippen molar-refractivity contribution in [3.05, 3.63) is 65.5 Å². The highest BCUT2D eigenvalue weighted by Gasteiger charge is 2.11. The van der Waals surface area contributed by atoms with E-state index < -0.39 is 0 Å². The summed E-state index contributed by atoms with van der Waals surface area (Å²) in [4.78, 5) is 0. The monoisotopic (exact) mass is 274 g/mol. The molecule has 0 fully saturated rings. The molecule has 0 bridgehead atoms. The van der Waals surface area contributed by atoms with Gasteiger partial charge < -0.3 is 4.74 Å². The molecule has 2 aromatic carbocycles. The van der Waals surface area contributed by atoms with Gasteiger partial charge in [-0.1, -0.05) is 24.3 Å². The number of halogens is 1. The van der Waals surface area contributed by atoms with Crippen LogP contribution in [-0.4, -0.2) is 6.61 Å². The van der Waals surface area contributed by atoms with Gasteiger partial charge in [-0.3, -0.25) is 11.3 Å². The van der Waals surface area contributed by atoms with Crippen LogP contribution in [0, 0.1) is 5.82 Å². The third-order valence-corrected chi connectivity index (χ3v) is 3.10. The quantitative estimate of drug-likeness (QED) is 0.629. The van der Waals surface area contributed by atoms with Crippen LogP contribution in [0.1, 0.15) is 24.1 Å². The van der Waals surface area contributed by atoms with Crippen molar-refractivity contribution in [3.63, 3.8) is 0 Å². The van der Waals surface area contributed by atoms with Crippen LogP contribution in [0.5, 0.6) is 5.75 Å². The maximum absolute atomic E-state index is 13.2. The average molecular weight is 274 g/mol. The van der Waals surface area contributed by atoms with Crippen molar-refractivity contribution in [1.82, 2.24) is 5.43 Å². The van der Waals surface area contributed by atoms with Crippen LogP contribution < -0.4 is 16.0 Å². The molecular formula is C16H19FN2O. The highest BCUT2D eigenvalue weighted by atomic mass is 19.1. The van der Waals surface area contributed by atoms with E-state index in [0.29, 0.717) is 13.0 Å². The molecule has 0 heterocycles. The largest absolute Gasteiger partial charge is 0.494 e. The normalized spacial score (nSPS) is 12.2. The molecule has 0 aliphatic carbocycles. The third-order valence-electron chi connectivity index (χ3n) is 3.10. The number of hydrogen-bond donors (Lipinski definition) is 2. The topological polar surface area (TPSA) is 47.3 Å². The first-order valence-electron chi connectivity index (χ1n) is 6.66. The first-order chi connectivity index (χ1) is 9.72. The van der Waals surface area contributed by atoms with Crippen LogP contribution >= 0.6 is 0 Å². The molecule has 0 spiro atoms. The summed E-state index contributed by atoms with van der Waals surface area (Å²) in [6.07, 6.45) is 0.615. The van der Waals surface area contributed by atoms with E-state index in [-0.39, 0.29) is 11.9 Å². The van der Waals surface area contributed by atoms with Gasteiger partial charge in [-0.2, -0.15) is 0 Å². The van der Waals surface area contributed by atoms with Gasteiger partial charge in [0.2, 0.25) is 0 Å².